The van der Waals surface area contributed by atoms with E-state index in [4.69, 9.17) is 0 Å². The lowest BCUT2D eigenvalue weighted by atomic mass is 9.96. The molecule has 2 rings (SSSR count). The molecule has 1 aromatic heterocycles. The smallest absolute Gasteiger partial charge is 0.206 e. The Morgan fingerprint density at radius 1 is 1.05 bits per heavy atom. The molecule has 1 N–H and O–H groups in total. The van der Waals surface area contributed by atoms with E-state index in [-0.39, 0.29) is 6.04 Å². The Labute approximate surface area is 137 Å². The van der Waals surface area contributed by atoms with Crippen molar-refractivity contribution in [3.8, 4) is 0 Å². The fraction of sp³-hybridized carbons (Fsp3) is 0.412. The van der Waals surface area contributed by atoms with Crippen molar-refractivity contribution in [2.24, 2.45) is 0 Å². The van der Waals surface area contributed by atoms with Crippen LogP contribution in [-0.2, 0) is 10.0 Å². The van der Waals surface area contributed by atoms with Crippen LogP contribution in [-0.4, -0.2) is 8.42 Å². The monoisotopic (exact) mass is 337 g/mol. The van der Waals surface area contributed by atoms with Gasteiger partial charge in [-0.2, -0.15) is 0 Å². The summed E-state index contributed by atoms with van der Waals surface area (Å²) >= 11 is 1.24. The molecule has 0 saturated heterocycles. The maximum absolute atomic E-state index is 12.4. The zero-order chi connectivity index (χ0) is 16.2. The topological polar surface area (TPSA) is 46.2 Å². The molecule has 0 aliphatic rings. The van der Waals surface area contributed by atoms with Crippen molar-refractivity contribution in [2.45, 2.75) is 49.8 Å². The highest BCUT2D eigenvalue weighted by Crippen LogP contribution is 2.25. The number of rotatable bonds is 7. The van der Waals surface area contributed by atoms with Crippen molar-refractivity contribution < 1.29 is 8.42 Å². The van der Waals surface area contributed by atoms with E-state index < -0.39 is 10.0 Å². The normalized spacial score (nSPS) is 14.7. The van der Waals surface area contributed by atoms with Crippen molar-refractivity contribution in [3.05, 3.63) is 52.9 Å². The molecule has 3 nitrogen and oxygen atoms in total. The molecule has 2 aromatic rings. The molecular formula is C17H23NO2S2. The van der Waals surface area contributed by atoms with Crippen LogP contribution < -0.4 is 4.72 Å². The summed E-state index contributed by atoms with van der Waals surface area (Å²) in [7, 11) is -3.44. The van der Waals surface area contributed by atoms with Gasteiger partial charge in [0.15, 0.2) is 0 Å². The van der Waals surface area contributed by atoms with Gasteiger partial charge in [-0.25, -0.2) is 13.1 Å². The van der Waals surface area contributed by atoms with Crippen molar-refractivity contribution in [3.63, 3.8) is 0 Å². The number of nitrogens with one attached hydrogen (secondary N) is 1. The predicted molar refractivity (Wildman–Crippen MR) is 92.8 cm³/mol. The van der Waals surface area contributed by atoms with Crippen LogP contribution in [0.2, 0.25) is 0 Å². The minimum Gasteiger partial charge on any atom is -0.206 e. The quantitative estimate of drug-likeness (QED) is 0.796. The molecule has 0 radical (unpaired) electrons. The lowest BCUT2D eigenvalue weighted by Gasteiger charge is -2.18. The summed E-state index contributed by atoms with van der Waals surface area (Å²) in [6.45, 7) is 6.36. The first kappa shape index (κ1) is 17.2. The van der Waals surface area contributed by atoms with Crippen molar-refractivity contribution in [2.75, 3.05) is 0 Å². The summed E-state index contributed by atoms with van der Waals surface area (Å²) in [5, 5.41) is 1.77. The summed E-state index contributed by atoms with van der Waals surface area (Å²) in [5.74, 6) is 0.525. The molecule has 1 aromatic carbocycles. The molecular weight excluding hydrogens is 314 g/mol. The van der Waals surface area contributed by atoms with Crippen molar-refractivity contribution in [1.82, 2.24) is 4.72 Å². The first-order valence-electron chi connectivity index (χ1n) is 7.63. The van der Waals surface area contributed by atoms with Crippen LogP contribution in [0, 0.1) is 0 Å². The van der Waals surface area contributed by atoms with Crippen LogP contribution in [0.1, 0.15) is 56.7 Å². The molecule has 5 heteroatoms. The number of hydrogen-bond donors (Lipinski definition) is 1. The zero-order valence-corrected chi connectivity index (χ0v) is 14.9. The molecule has 0 bridgehead atoms. The van der Waals surface area contributed by atoms with Gasteiger partial charge in [0.1, 0.15) is 4.21 Å². The average molecular weight is 338 g/mol. The maximum Gasteiger partial charge on any atom is 0.250 e. The Kier molecular flexibility index (Phi) is 5.78. The van der Waals surface area contributed by atoms with E-state index in [2.05, 4.69) is 30.7 Å². The Morgan fingerprint density at radius 2 is 1.68 bits per heavy atom. The minimum atomic E-state index is -3.44. The third-order valence-corrected chi connectivity index (χ3v) is 6.85. The second-order valence-electron chi connectivity index (χ2n) is 5.49. The Bertz CT molecular complexity index is 676. The van der Waals surface area contributed by atoms with E-state index in [1.54, 1.807) is 17.5 Å². The molecule has 0 unspecified atom stereocenters. The van der Waals surface area contributed by atoms with Gasteiger partial charge in [0.05, 0.1) is 0 Å². The third kappa shape index (κ3) is 3.97. The molecule has 0 aliphatic carbocycles. The van der Waals surface area contributed by atoms with E-state index >= 15 is 0 Å². The number of sulfonamides is 1. The van der Waals surface area contributed by atoms with E-state index in [1.165, 1.54) is 16.9 Å². The standard InChI is InChI=1S/C17H23NO2S2/c1-4-13(3)14-8-10-15(11-9-14)16(5-2)18-22(19,20)17-7-6-12-21-17/h6-13,16,18H,4-5H2,1-3H3/t13-,16+/m0/s1. The van der Waals surface area contributed by atoms with Gasteiger partial charge in [0.2, 0.25) is 0 Å². The maximum atomic E-state index is 12.4. The molecule has 0 spiro atoms. The highest BCUT2D eigenvalue weighted by molar-refractivity contribution is 7.91. The number of benzene rings is 1. The van der Waals surface area contributed by atoms with Gasteiger partial charge in [0, 0.05) is 6.04 Å². The first-order chi connectivity index (χ1) is 10.5. The van der Waals surface area contributed by atoms with Crippen LogP contribution in [0.3, 0.4) is 0 Å². The van der Waals surface area contributed by atoms with E-state index in [1.807, 2.05) is 19.1 Å². The van der Waals surface area contributed by atoms with Gasteiger partial charge in [-0.1, -0.05) is 51.1 Å². The van der Waals surface area contributed by atoms with Crippen LogP contribution in [0.15, 0.2) is 46.0 Å². The van der Waals surface area contributed by atoms with Crippen molar-refractivity contribution >= 4 is 21.4 Å². The number of hydrogen-bond acceptors (Lipinski definition) is 3. The molecule has 0 amide bonds. The minimum absolute atomic E-state index is 0.196. The fourth-order valence-electron chi connectivity index (χ4n) is 2.34. The van der Waals surface area contributed by atoms with Gasteiger partial charge in [-0.3, -0.25) is 0 Å². The molecule has 0 fully saturated rings. The fourth-order valence-corrected chi connectivity index (χ4v) is 4.66. The van der Waals surface area contributed by atoms with E-state index in [0.29, 0.717) is 16.5 Å². The van der Waals surface area contributed by atoms with Gasteiger partial charge in [-0.15, -0.1) is 11.3 Å². The largest absolute Gasteiger partial charge is 0.250 e. The van der Waals surface area contributed by atoms with Gasteiger partial charge >= 0.3 is 0 Å². The predicted octanol–water partition coefficient (Wildman–Crippen LogP) is 4.69. The van der Waals surface area contributed by atoms with E-state index in [9.17, 15) is 8.42 Å². The van der Waals surface area contributed by atoms with Crippen LogP contribution in [0.5, 0.6) is 0 Å². The molecule has 120 valence electrons. The van der Waals surface area contributed by atoms with Gasteiger partial charge in [-0.05, 0) is 41.3 Å². The van der Waals surface area contributed by atoms with Crippen LogP contribution in [0.4, 0.5) is 0 Å². The lowest BCUT2D eigenvalue weighted by Crippen LogP contribution is -2.27. The van der Waals surface area contributed by atoms with Crippen LogP contribution in [0.25, 0.3) is 0 Å². The SMILES string of the molecule is CC[C@H](C)c1ccc([C@@H](CC)NS(=O)(=O)c2cccs2)cc1. The molecule has 0 aliphatic heterocycles. The lowest BCUT2D eigenvalue weighted by molar-refractivity contribution is 0.552. The third-order valence-electron chi connectivity index (χ3n) is 3.99. The van der Waals surface area contributed by atoms with Crippen molar-refractivity contribution in [1.29, 1.82) is 0 Å². The number of thiophene rings is 1. The Hall–Kier alpha value is -1.17. The molecule has 0 saturated carbocycles. The van der Waals surface area contributed by atoms with Gasteiger partial charge in [0.25, 0.3) is 10.0 Å². The highest BCUT2D eigenvalue weighted by Gasteiger charge is 2.21. The summed E-state index contributed by atoms with van der Waals surface area (Å²) < 4.78 is 27.9. The first-order valence-corrected chi connectivity index (χ1v) is 10.00. The highest BCUT2D eigenvalue weighted by atomic mass is 32.2. The summed E-state index contributed by atoms with van der Waals surface area (Å²) in [5.41, 5.74) is 2.30. The summed E-state index contributed by atoms with van der Waals surface area (Å²) in [4.78, 5) is 0. The van der Waals surface area contributed by atoms with E-state index in [0.717, 1.165) is 12.0 Å². The molecule has 1 heterocycles. The Balaban J connectivity index is 2.18. The molecule has 22 heavy (non-hydrogen) atoms. The Morgan fingerprint density at radius 3 is 2.18 bits per heavy atom. The second kappa shape index (κ2) is 7.40. The average Bonchev–Trinajstić information content (AvgIpc) is 3.07. The molecule has 2 atom stereocenters. The zero-order valence-electron chi connectivity index (χ0n) is 13.2. The van der Waals surface area contributed by atoms with Gasteiger partial charge < -0.3 is 0 Å². The summed E-state index contributed by atoms with van der Waals surface area (Å²) in [6.07, 6.45) is 1.81. The summed E-state index contributed by atoms with van der Waals surface area (Å²) in [6, 6.07) is 11.5. The second-order valence-corrected chi connectivity index (χ2v) is 8.38. The van der Waals surface area contributed by atoms with Crippen LogP contribution >= 0.6 is 11.3 Å².